The molecule has 0 bridgehead atoms. The first kappa shape index (κ1) is 15.8. The predicted octanol–water partition coefficient (Wildman–Crippen LogP) is 1.70. The smallest absolute Gasteiger partial charge is 0.408 e. The Morgan fingerprint density at radius 2 is 1.95 bits per heavy atom. The number of alkyl carbamates (subject to hydrolysis) is 1. The summed E-state index contributed by atoms with van der Waals surface area (Å²) in [6.07, 6.45) is 1.38. The van der Waals surface area contributed by atoms with Crippen LogP contribution in [0, 0.1) is 5.92 Å². The standard InChI is InChI=1S/C13H24N2O4/c1-13(2,3)14-12(17)19-10(8-9-6-7-9)11(16)15(4)18-5/h9-10H,6-8H2,1-5H3,(H,14,17)/t10-/m0/s1. The van der Waals surface area contributed by atoms with Gasteiger partial charge in [-0.05, 0) is 33.1 Å². The van der Waals surface area contributed by atoms with Gasteiger partial charge in [-0.3, -0.25) is 9.63 Å². The predicted molar refractivity (Wildman–Crippen MR) is 70.3 cm³/mol. The highest BCUT2D eigenvalue weighted by molar-refractivity contribution is 5.82. The van der Waals surface area contributed by atoms with Crippen molar-refractivity contribution in [3.05, 3.63) is 0 Å². The lowest BCUT2D eigenvalue weighted by molar-refractivity contribution is -0.178. The van der Waals surface area contributed by atoms with Crippen molar-refractivity contribution < 1.29 is 19.2 Å². The zero-order valence-electron chi connectivity index (χ0n) is 12.4. The molecule has 0 aliphatic heterocycles. The number of rotatable bonds is 5. The topological polar surface area (TPSA) is 67.9 Å². The van der Waals surface area contributed by atoms with Crippen molar-refractivity contribution in [1.82, 2.24) is 10.4 Å². The summed E-state index contributed by atoms with van der Waals surface area (Å²) in [6.45, 7) is 5.56. The Balaban J connectivity index is 2.58. The lowest BCUT2D eigenvalue weighted by atomic mass is 10.1. The second-order valence-corrected chi connectivity index (χ2v) is 5.97. The molecule has 0 aromatic carbocycles. The number of hydrogen-bond acceptors (Lipinski definition) is 4. The van der Waals surface area contributed by atoms with Crippen molar-refractivity contribution in [2.45, 2.75) is 51.7 Å². The fourth-order valence-corrected chi connectivity index (χ4v) is 1.61. The zero-order valence-corrected chi connectivity index (χ0v) is 12.4. The van der Waals surface area contributed by atoms with Gasteiger partial charge in [0.1, 0.15) is 0 Å². The first-order valence-electron chi connectivity index (χ1n) is 6.53. The molecule has 0 radical (unpaired) electrons. The number of hydroxylamine groups is 2. The number of nitrogens with zero attached hydrogens (tertiary/aromatic N) is 1. The molecule has 0 unspecified atom stereocenters. The quantitative estimate of drug-likeness (QED) is 0.773. The first-order chi connectivity index (χ1) is 8.73. The molecule has 1 rings (SSSR count). The summed E-state index contributed by atoms with van der Waals surface area (Å²) in [7, 11) is 2.91. The van der Waals surface area contributed by atoms with E-state index >= 15 is 0 Å². The van der Waals surface area contributed by atoms with Crippen molar-refractivity contribution in [2.24, 2.45) is 5.92 Å². The highest BCUT2D eigenvalue weighted by Gasteiger charge is 2.34. The molecule has 1 atom stereocenters. The minimum atomic E-state index is -0.778. The zero-order chi connectivity index (χ0) is 14.6. The van der Waals surface area contributed by atoms with E-state index in [1.165, 1.54) is 14.2 Å². The van der Waals surface area contributed by atoms with Gasteiger partial charge in [0, 0.05) is 12.6 Å². The number of hydrogen-bond donors (Lipinski definition) is 1. The Morgan fingerprint density at radius 1 is 1.37 bits per heavy atom. The minimum absolute atomic E-state index is 0.335. The molecule has 1 aliphatic rings. The van der Waals surface area contributed by atoms with E-state index in [9.17, 15) is 9.59 Å². The molecule has 6 nitrogen and oxygen atoms in total. The molecule has 1 N–H and O–H groups in total. The van der Waals surface area contributed by atoms with Gasteiger partial charge in [-0.15, -0.1) is 0 Å². The van der Waals surface area contributed by atoms with Gasteiger partial charge in [0.2, 0.25) is 0 Å². The Morgan fingerprint density at radius 3 is 2.37 bits per heavy atom. The van der Waals surface area contributed by atoms with E-state index in [1.807, 2.05) is 20.8 Å². The molecule has 0 aromatic rings. The maximum absolute atomic E-state index is 12.0. The monoisotopic (exact) mass is 272 g/mol. The lowest BCUT2D eigenvalue weighted by Gasteiger charge is -2.25. The normalized spacial score (nSPS) is 16.7. The van der Waals surface area contributed by atoms with Gasteiger partial charge in [-0.1, -0.05) is 12.8 Å². The maximum atomic E-state index is 12.0. The van der Waals surface area contributed by atoms with Gasteiger partial charge in [-0.25, -0.2) is 9.86 Å². The van der Waals surface area contributed by atoms with Crippen LogP contribution >= 0.6 is 0 Å². The molecule has 0 spiro atoms. The van der Waals surface area contributed by atoms with Crippen LogP contribution < -0.4 is 5.32 Å². The minimum Gasteiger partial charge on any atom is -0.436 e. The SMILES string of the molecule is CON(C)C(=O)[C@H](CC1CC1)OC(=O)NC(C)(C)C. The van der Waals surface area contributed by atoms with Gasteiger partial charge >= 0.3 is 6.09 Å². The third kappa shape index (κ3) is 5.92. The number of nitrogens with one attached hydrogen (secondary N) is 1. The highest BCUT2D eigenvalue weighted by Crippen LogP contribution is 2.34. The molecule has 1 fully saturated rings. The van der Waals surface area contributed by atoms with E-state index in [1.54, 1.807) is 0 Å². The van der Waals surface area contributed by atoms with E-state index in [2.05, 4.69) is 5.32 Å². The first-order valence-corrected chi connectivity index (χ1v) is 6.53. The molecule has 110 valence electrons. The summed E-state index contributed by atoms with van der Waals surface area (Å²) in [5, 5.41) is 3.78. The third-order valence-electron chi connectivity index (χ3n) is 2.83. The number of carbonyl (C=O) groups is 2. The van der Waals surface area contributed by atoms with Crippen LogP contribution in [0.5, 0.6) is 0 Å². The fraction of sp³-hybridized carbons (Fsp3) is 0.846. The Hall–Kier alpha value is -1.30. The van der Waals surface area contributed by atoms with E-state index in [4.69, 9.17) is 9.57 Å². The molecule has 1 aliphatic carbocycles. The largest absolute Gasteiger partial charge is 0.436 e. The van der Waals surface area contributed by atoms with Crippen LogP contribution in [-0.4, -0.2) is 42.9 Å². The van der Waals surface area contributed by atoms with Gasteiger partial charge in [0.15, 0.2) is 6.10 Å². The molecular weight excluding hydrogens is 248 g/mol. The lowest BCUT2D eigenvalue weighted by Crippen LogP contribution is -2.45. The van der Waals surface area contributed by atoms with E-state index in [0.29, 0.717) is 12.3 Å². The van der Waals surface area contributed by atoms with Crippen LogP contribution in [0.3, 0.4) is 0 Å². The number of ether oxygens (including phenoxy) is 1. The summed E-state index contributed by atoms with van der Waals surface area (Å²) in [5.74, 6) is 0.139. The van der Waals surface area contributed by atoms with Gasteiger partial charge in [0.05, 0.1) is 7.11 Å². The molecular formula is C13H24N2O4. The van der Waals surface area contributed by atoms with Gasteiger partial charge in [-0.2, -0.15) is 0 Å². The number of likely N-dealkylation sites (N-methyl/N-ethyl adjacent to an activating group) is 1. The average molecular weight is 272 g/mol. The number of carbonyl (C=O) groups excluding carboxylic acids is 2. The molecule has 6 heteroatoms. The molecule has 0 aromatic heterocycles. The Kier molecular flexibility index (Phi) is 5.17. The van der Waals surface area contributed by atoms with Crippen molar-refractivity contribution in [2.75, 3.05) is 14.2 Å². The Bertz CT molecular complexity index is 334. The van der Waals surface area contributed by atoms with Crippen molar-refractivity contribution >= 4 is 12.0 Å². The second-order valence-electron chi connectivity index (χ2n) is 5.97. The van der Waals surface area contributed by atoms with Crippen molar-refractivity contribution in [3.63, 3.8) is 0 Å². The number of amides is 2. The summed E-state index contributed by atoms with van der Waals surface area (Å²) in [5.41, 5.74) is -0.391. The molecule has 19 heavy (non-hydrogen) atoms. The maximum Gasteiger partial charge on any atom is 0.408 e. The molecule has 2 amide bonds. The van der Waals surface area contributed by atoms with Gasteiger partial charge in [0.25, 0.3) is 5.91 Å². The van der Waals surface area contributed by atoms with E-state index in [-0.39, 0.29) is 5.91 Å². The highest BCUT2D eigenvalue weighted by atomic mass is 16.7. The fourth-order valence-electron chi connectivity index (χ4n) is 1.61. The van der Waals surface area contributed by atoms with Crippen LogP contribution in [0.2, 0.25) is 0 Å². The summed E-state index contributed by atoms with van der Waals surface area (Å²) in [6, 6.07) is 0. The van der Waals surface area contributed by atoms with E-state index in [0.717, 1.165) is 17.9 Å². The molecule has 0 heterocycles. The molecule has 1 saturated carbocycles. The summed E-state index contributed by atoms with van der Waals surface area (Å²) in [4.78, 5) is 28.6. The van der Waals surface area contributed by atoms with Crippen LogP contribution in [0.1, 0.15) is 40.0 Å². The van der Waals surface area contributed by atoms with Crippen molar-refractivity contribution in [3.8, 4) is 0 Å². The Labute approximate surface area is 114 Å². The van der Waals surface area contributed by atoms with Crippen molar-refractivity contribution in [1.29, 1.82) is 0 Å². The summed E-state index contributed by atoms with van der Waals surface area (Å²) >= 11 is 0. The van der Waals surface area contributed by atoms with Crippen LogP contribution in [0.25, 0.3) is 0 Å². The second kappa shape index (κ2) is 6.23. The average Bonchev–Trinajstić information content (AvgIpc) is 3.07. The van der Waals surface area contributed by atoms with Crippen LogP contribution in [-0.2, 0) is 14.4 Å². The van der Waals surface area contributed by atoms with Gasteiger partial charge < -0.3 is 10.1 Å². The third-order valence-corrected chi connectivity index (χ3v) is 2.83. The summed E-state index contributed by atoms with van der Waals surface area (Å²) < 4.78 is 5.24. The van der Waals surface area contributed by atoms with Crippen LogP contribution in [0.4, 0.5) is 4.79 Å². The van der Waals surface area contributed by atoms with E-state index < -0.39 is 17.7 Å². The molecule has 0 saturated heterocycles. The van der Waals surface area contributed by atoms with Crippen LogP contribution in [0.15, 0.2) is 0 Å².